The highest BCUT2D eigenvalue weighted by Crippen LogP contribution is 2.25. The Balaban J connectivity index is 2.29. The van der Waals surface area contributed by atoms with Crippen molar-refractivity contribution in [3.05, 3.63) is 24.0 Å². The van der Waals surface area contributed by atoms with Crippen LogP contribution in [0.5, 0.6) is 0 Å². The normalized spacial score (nSPS) is 19.0. The lowest BCUT2D eigenvalue weighted by Gasteiger charge is -2.36. The maximum absolute atomic E-state index is 12.0. The van der Waals surface area contributed by atoms with Gasteiger partial charge in [-0.15, -0.1) is 0 Å². The summed E-state index contributed by atoms with van der Waals surface area (Å²) in [6.07, 6.45) is 4.70. The number of nitrogens with one attached hydrogen (secondary N) is 1. The molecule has 102 valence electrons. The van der Waals surface area contributed by atoms with E-state index >= 15 is 0 Å². The van der Waals surface area contributed by atoms with E-state index in [4.69, 9.17) is 18.0 Å². The number of hydrogen-bond acceptors (Lipinski definition) is 4. The molecule has 1 aromatic heterocycles. The molecule has 2 rings (SSSR count). The average Bonchev–Trinajstić information content (AvgIpc) is 2.46. The first-order valence-electron chi connectivity index (χ1n) is 6.37. The van der Waals surface area contributed by atoms with Gasteiger partial charge in [-0.1, -0.05) is 12.2 Å². The monoisotopic (exact) mass is 278 g/mol. The number of hydrogen-bond donors (Lipinski definition) is 2. The third-order valence-electron chi connectivity index (χ3n) is 3.38. The minimum absolute atomic E-state index is 0.0494. The van der Waals surface area contributed by atoms with Crippen molar-refractivity contribution in [3.63, 3.8) is 0 Å². The molecule has 0 saturated carbocycles. The molecule has 2 heterocycles. The number of piperidine rings is 1. The predicted molar refractivity (Wildman–Crippen MR) is 79.2 cm³/mol. The largest absolute Gasteiger partial charge is 0.388 e. The summed E-state index contributed by atoms with van der Waals surface area (Å²) < 4.78 is 0. The number of likely N-dealkylation sites (N-methyl/N-ethyl adjacent to an activating group) is 1. The van der Waals surface area contributed by atoms with Crippen molar-refractivity contribution in [1.82, 2.24) is 10.3 Å². The third-order valence-corrected chi connectivity index (χ3v) is 3.59. The zero-order chi connectivity index (χ0) is 13.8. The lowest BCUT2D eigenvalue weighted by atomic mass is 10.0. The van der Waals surface area contributed by atoms with Crippen molar-refractivity contribution in [2.45, 2.75) is 25.3 Å². The van der Waals surface area contributed by atoms with Crippen molar-refractivity contribution >= 4 is 28.8 Å². The minimum Gasteiger partial charge on any atom is -0.388 e. The average molecular weight is 278 g/mol. The van der Waals surface area contributed by atoms with E-state index in [1.54, 1.807) is 13.2 Å². The van der Waals surface area contributed by atoms with Gasteiger partial charge >= 0.3 is 0 Å². The van der Waals surface area contributed by atoms with Gasteiger partial charge in [0.25, 0.3) is 0 Å². The molecule has 1 aliphatic rings. The number of carbonyl (C=O) groups is 1. The maximum Gasteiger partial charge on any atom is 0.242 e. The van der Waals surface area contributed by atoms with Gasteiger partial charge in [0.1, 0.15) is 11.0 Å². The molecule has 0 bridgehead atoms. The summed E-state index contributed by atoms with van der Waals surface area (Å²) in [6.45, 7) is 0.860. The first-order valence-corrected chi connectivity index (χ1v) is 6.78. The van der Waals surface area contributed by atoms with Crippen molar-refractivity contribution in [3.8, 4) is 0 Å². The number of nitrogens with two attached hydrogens (primary N) is 1. The van der Waals surface area contributed by atoms with E-state index in [2.05, 4.69) is 15.2 Å². The zero-order valence-corrected chi connectivity index (χ0v) is 11.7. The molecule has 0 radical (unpaired) electrons. The topological polar surface area (TPSA) is 71.2 Å². The molecule has 0 aliphatic carbocycles. The first-order chi connectivity index (χ1) is 9.13. The number of carbonyl (C=O) groups excluding carboxylic acids is 1. The van der Waals surface area contributed by atoms with Gasteiger partial charge in [0, 0.05) is 25.5 Å². The molecule has 3 N–H and O–H groups in total. The molecular formula is C13H18N4OS. The molecule has 0 aromatic carbocycles. The number of thiocarbonyl (C=S) groups is 1. The third kappa shape index (κ3) is 3.01. The van der Waals surface area contributed by atoms with Crippen LogP contribution in [0.2, 0.25) is 0 Å². The van der Waals surface area contributed by atoms with Gasteiger partial charge < -0.3 is 16.0 Å². The molecule has 5 nitrogen and oxygen atoms in total. The maximum atomic E-state index is 12.0. The van der Waals surface area contributed by atoms with Gasteiger partial charge in [0.15, 0.2) is 0 Å². The lowest BCUT2D eigenvalue weighted by Crippen LogP contribution is -2.49. The van der Waals surface area contributed by atoms with E-state index < -0.39 is 0 Å². The highest BCUT2D eigenvalue weighted by atomic mass is 32.1. The zero-order valence-electron chi connectivity index (χ0n) is 10.9. The van der Waals surface area contributed by atoms with Crippen molar-refractivity contribution in [2.24, 2.45) is 5.73 Å². The second-order valence-electron chi connectivity index (χ2n) is 4.58. The number of nitrogens with zero attached hydrogens (tertiary/aromatic N) is 2. The Bertz CT molecular complexity index is 491. The highest BCUT2D eigenvalue weighted by Gasteiger charge is 2.28. The molecule has 1 saturated heterocycles. The number of anilines is 1. The summed E-state index contributed by atoms with van der Waals surface area (Å²) in [5.41, 5.74) is 7.15. The van der Waals surface area contributed by atoms with Gasteiger partial charge in [-0.25, -0.2) is 0 Å². The minimum atomic E-state index is -0.125. The molecular weight excluding hydrogens is 260 g/mol. The van der Waals surface area contributed by atoms with Crippen LogP contribution in [0.1, 0.15) is 25.0 Å². The molecule has 1 aromatic rings. The molecule has 1 unspecified atom stereocenters. The van der Waals surface area contributed by atoms with E-state index in [0.29, 0.717) is 5.69 Å². The van der Waals surface area contributed by atoms with Crippen LogP contribution < -0.4 is 16.0 Å². The van der Waals surface area contributed by atoms with E-state index in [1.165, 1.54) is 0 Å². The fourth-order valence-electron chi connectivity index (χ4n) is 2.41. The molecule has 19 heavy (non-hydrogen) atoms. The number of aromatic nitrogens is 1. The Morgan fingerprint density at radius 1 is 1.58 bits per heavy atom. The van der Waals surface area contributed by atoms with Gasteiger partial charge in [0.2, 0.25) is 5.91 Å². The molecule has 1 atom stereocenters. The van der Waals surface area contributed by atoms with Crippen LogP contribution in [0.15, 0.2) is 18.3 Å². The highest BCUT2D eigenvalue weighted by molar-refractivity contribution is 7.80. The Labute approximate surface area is 118 Å². The van der Waals surface area contributed by atoms with Crippen LogP contribution in [-0.4, -0.2) is 35.5 Å². The quantitative estimate of drug-likeness (QED) is 0.801. The first kappa shape index (κ1) is 13.7. The number of amides is 1. The van der Waals surface area contributed by atoms with E-state index in [-0.39, 0.29) is 16.9 Å². The Hall–Kier alpha value is -1.69. The molecule has 1 amide bonds. The van der Waals surface area contributed by atoms with Crippen LogP contribution in [-0.2, 0) is 4.79 Å². The summed E-state index contributed by atoms with van der Waals surface area (Å²) in [5.74, 6) is 0.0494. The molecule has 1 fully saturated rings. The summed E-state index contributed by atoms with van der Waals surface area (Å²) >= 11 is 4.94. The van der Waals surface area contributed by atoms with E-state index in [1.807, 2.05) is 12.1 Å². The summed E-state index contributed by atoms with van der Waals surface area (Å²) in [4.78, 5) is 18.5. The Morgan fingerprint density at radius 2 is 2.37 bits per heavy atom. The van der Waals surface area contributed by atoms with Gasteiger partial charge in [-0.2, -0.15) is 0 Å². The molecule has 6 heteroatoms. The van der Waals surface area contributed by atoms with Crippen LogP contribution in [0.3, 0.4) is 0 Å². The van der Waals surface area contributed by atoms with Crippen molar-refractivity contribution in [2.75, 3.05) is 18.5 Å². The Morgan fingerprint density at radius 3 is 3.05 bits per heavy atom. The van der Waals surface area contributed by atoms with Gasteiger partial charge in [-0.05, 0) is 31.4 Å². The van der Waals surface area contributed by atoms with Gasteiger partial charge in [0.05, 0.1) is 5.69 Å². The molecule has 1 aliphatic heterocycles. The van der Waals surface area contributed by atoms with Crippen LogP contribution >= 0.6 is 12.2 Å². The smallest absolute Gasteiger partial charge is 0.242 e. The van der Waals surface area contributed by atoms with E-state index in [9.17, 15) is 4.79 Å². The standard InChI is InChI=1S/C13H18N4OS/c1-15-13(18)11-4-2-3-7-17(11)9-5-6-16-10(8-9)12(14)19/h5-6,8,11H,2-4,7H2,1H3,(H2,14,19)(H,15,18). The van der Waals surface area contributed by atoms with Crippen LogP contribution in [0, 0.1) is 0 Å². The number of pyridine rings is 1. The summed E-state index contributed by atoms with van der Waals surface area (Å²) in [7, 11) is 1.67. The van der Waals surface area contributed by atoms with Crippen LogP contribution in [0.4, 0.5) is 5.69 Å². The molecule has 0 spiro atoms. The van der Waals surface area contributed by atoms with Gasteiger partial charge in [-0.3, -0.25) is 9.78 Å². The van der Waals surface area contributed by atoms with Crippen molar-refractivity contribution in [1.29, 1.82) is 0 Å². The summed E-state index contributed by atoms with van der Waals surface area (Å²) in [6, 6.07) is 3.62. The second kappa shape index (κ2) is 5.97. The second-order valence-corrected chi connectivity index (χ2v) is 5.02. The fraction of sp³-hybridized carbons (Fsp3) is 0.462. The Kier molecular flexibility index (Phi) is 4.31. The lowest BCUT2D eigenvalue weighted by molar-refractivity contribution is -0.122. The van der Waals surface area contributed by atoms with Crippen molar-refractivity contribution < 1.29 is 4.79 Å². The van der Waals surface area contributed by atoms with Crippen LogP contribution in [0.25, 0.3) is 0 Å². The predicted octanol–water partition coefficient (Wildman–Crippen LogP) is 0.821. The summed E-state index contributed by atoms with van der Waals surface area (Å²) in [5, 5.41) is 2.73. The fourth-order valence-corrected chi connectivity index (χ4v) is 2.52. The SMILES string of the molecule is CNC(=O)C1CCCCN1c1ccnc(C(N)=S)c1. The number of rotatable bonds is 3. The van der Waals surface area contributed by atoms with E-state index in [0.717, 1.165) is 31.5 Å².